The number of hydrogen-bond acceptors (Lipinski definition) is 2. The molecule has 1 heterocycles. The van der Waals surface area contributed by atoms with E-state index in [-0.39, 0.29) is 0 Å². The van der Waals surface area contributed by atoms with Crippen molar-refractivity contribution in [2.75, 3.05) is 0 Å². The second-order valence-corrected chi connectivity index (χ2v) is 6.14. The van der Waals surface area contributed by atoms with Gasteiger partial charge in [0.1, 0.15) is 11.5 Å². The van der Waals surface area contributed by atoms with Crippen LogP contribution in [0.5, 0.6) is 0 Å². The molecule has 0 saturated heterocycles. The fraction of sp³-hybridized carbons (Fsp3) is 0.105. The van der Waals surface area contributed by atoms with E-state index in [0.29, 0.717) is 0 Å². The number of halogens is 1. The Balaban J connectivity index is 1.85. The van der Waals surface area contributed by atoms with Crippen LogP contribution in [-0.2, 0) is 0 Å². The van der Waals surface area contributed by atoms with Crippen LogP contribution in [0.15, 0.2) is 68.5 Å². The summed E-state index contributed by atoms with van der Waals surface area (Å²) in [5.41, 5.74) is 4.37. The summed E-state index contributed by atoms with van der Waals surface area (Å²) >= 11 is 3.58. The van der Waals surface area contributed by atoms with Crippen molar-refractivity contribution in [3.63, 3.8) is 0 Å². The van der Waals surface area contributed by atoms with Gasteiger partial charge in [-0.2, -0.15) is 0 Å². The van der Waals surface area contributed by atoms with Crippen molar-refractivity contribution in [2.45, 2.75) is 13.8 Å². The van der Waals surface area contributed by atoms with Crippen LogP contribution in [0.1, 0.15) is 16.9 Å². The standard InChI is InChI=1S/C19H16BrNO/c1-13-4-3-5-15(10-13)21-12-16-7-9-19(22-16)17-8-6-14(2)11-18(17)20/h3-12H,1-2H3. The minimum Gasteiger partial charge on any atom is -0.455 e. The number of furan rings is 1. The van der Waals surface area contributed by atoms with Crippen molar-refractivity contribution in [1.29, 1.82) is 0 Å². The molecular formula is C19H16BrNO. The Morgan fingerprint density at radius 2 is 1.77 bits per heavy atom. The van der Waals surface area contributed by atoms with Gasteiger partial charge in [-0.05, 0) is 61.4 Å². The van der Waals surface area contributed by atoms with Crippen molar-refractivity contribution in [1.82, 2.24) is 0 Å². The van der Waals surface area contributed by atoms with E-state index in [9.17, 15) is 0 Å². The van der Waals surface area contributed by atoms with Crippen LogP contribution in [0.4, 0.5) is 5.69 Å². The van der Waals surface area contributed by atoms with Gasteiger partial charge < -0.3 is 4.42 Å². The van der Waals surface area contributed by atoms with Gasteiger partial charge in [-0.3, -0.25) is 4.99 Å². The minimum absolute atomic E-state index is 0.740. The molecule has 2 nitrogen and oxygen atoms in total. The second-order valence-electron chi connectivity index (χ2n) is 5.28. The molecule has 22 heavy (non-hydrogen) atoms. The Hall–Kier alpha value is -2.13. The largest absolute Gasteiger partial charge is 0.455 e. The van der Waals surface area contributed by atoms with E-state index in [4.69, 9.17) is 4.42 Å². The maximum absolute atomic E-state index is 5.86. The Bertz CT molecular complexity index is 833. The molecule has 0 amide bonds. The molecule has 110 valence electrons. The third-order valence-corrected chi connectivity index (χ3v) is 4.02. The zero-order valence-electron chi connectivity index (χ0n) is 12.5. The molecule has 0 fully saturated rings. The summed E-state index contributed by atoms with van der Waals surface area (Å²) in [6.45, 7) is 4.12. The molecule has 0 N–H and O–H groups in total. The SMILES string of the molecule is Cc1cccc(N=Cc2ccc(-c3ccc(C)cc3Br)o2)c1. The normalized spacial score (nSPS) is 11.2. The van der Waals surface area contributed by atoms with Gasteiger partial charge in [0.25, 0.3) is 0 Å². The zero-order chi connectivity index (χ0) is 15.5. The molecule has 0 spiro atoms. The number of rotatable bonds is 3. The smallest absolute Gasteiger partial charge is 0.145 e. The molecule has 3 heteroatoms. The van der Waals surface area contributed by atoms with Gasteiger partial charge in [-0.15, -0.1) is 0 Å². The summed E-state index contributed by atoms with van der Waals surface area (Å²) in [5, 5.41) is 0. The predicted molar refractivity (Wildman–Crippen MR) is 95.0 cm³/mol. The first kappa shape index (κ1) is 14.8. The first-order chi connectivity index (χ1) is 10.6. The molecule has 0 aliphatic carbocycles. The molecular weight excluding hydrogens is 338 g/mol. The average Bonchev–Trinajstić information content (AvgIpc) is 2.94. The first-order valence-electron chi connectivity index (χ1n) is 7.09. The fourth-order valence-corrected chi connectivity index (χ4v) is 2.92. The van der Waals surface area contributed by atoms with Gasteiger partial charge >= 0.3 is 0 Å². The zero-order valence-corrected chi connectivity index (χ0v) is 14.1. The van der Waals surface area contributed by atoms with Crippen molar-refractivity contribution < 1.29 is 4.42 Å². The van der Waals surface area contributed by atoms with Crippen molar-refractivity contribution >= 4 is 27.8 Å². The summed E-state index contributed by atoms with van der Waals surface area (Å²) < 4.78 is 6.89. The average molecular weight is 354 g/mol. The van der Waals surface area contributed by atoms with Gasteiger partial charge in [0, 0.05) is 10.0 Å². The molecule has 3 rings (SSSR count). The highest BCUT2D eigenvalue weighted by Crippen LogP contribution is 2.30. The van der Waals surface area contributed by atoms with Crippen LogP contribution >= 0.6 is 15.9 Å². The highest BCUT2D eigenvalue weighted by Gasteiger charge is 2.07. The van der Waals surface area contributed by atoms with E-state index in [1.165, 1.54) is 11.1 Å². The summed E-state index contributed by atoms with van der Waals surface area (Å²) in [4.78, 5) is 4.45. The van der Waals surface area contributed by atoms with Crippen LogP contribution in [0, 0.1) is 13.8 Å². The van der Waals surface area contributed by atoms with E-state index in [1.54, 1.807) is 6.21 Å². The Morgan fingerprint density at radius 3 is 2.55 bits per heavy atom. The maximum atomic E-state index is 5.86. The lowest BCUT2D eigenvalue weighted by Crippen LogP contribution is -1.79. The van der Waals surface area contributed by atoms with Gasteiger partial charge in [0.05, 0.1) is 11.9 Å². The van der Waals surface area contributed by atoms with Gasteiger partial charge in [-0.1, -0.05) is 34.1 Å². The molecule has 2 aromatic carbocycles. The summed E-state index contributed by atoms with van der Waals surface area (Å²) in [7, 11) is 0. The summed E-state index contributed by atoms with van der Waals surface area (Å²) in [6.07, 6.45) is 1.75. The van der Waals surface area contributed by atoms with Crippen molar-refractivity contribution in [3.8, 4) is 11.3 Å². The second kappa shape index (κ2) is 6.32. The molecule has 3 aromatic rings. The number of aliphatic imine (C=N–C) groups is 1. The molecule has 0 radical (unpaired) electrons. The monoisotopic (exact) mass is 353 g/mol. The first-order valence-corrected chi connectivity index (χ1v) is 7.88. The number of benzene rings is 2. The molecule has 0 aliphatic heterocycles. The van der Waals surface area contributed by atoms with Crippen LogP contribution in [-0.4, -0.2) is 6.21 Å². The third kappa shape index (κ3) is 3.37. The maximum Gasteiger partial charge on any atom is 0.145 e. The minimum atomic E-state index is 0.740. The summed E-state index contributed by atoms with van der Waals surface area (Å²) in [6, 6.07) is 18.2. The van der Waals surface area contributed by atoms with Gasteiger partial charge in [-0.25, -0.2) is 0 Å². The lowest BCUT2D eigenvalue weighted by molar-refractivity contribution is 0.575. The van der Waals surface area contributed by atoms with Crippen molar-refractivity contribution in [3.05, 3.63) is 76.0 Å². The van der Waals surface area contributed by atoms with Crippen LogP contribution in [0.2, 0.25) is 0 Å². The summed E-state index contributed by atoms with van der Waals surface area (Å²) in [5.74, 6) is 1.57. The highest BCUT2D eigenvalue weighted by atomic mass is 79.9. The molecule has 0 saturated carbocycles. The lowest BCUT2D eigenvalue weighted by Gasteiger charge is -2.02. The molecule has 0 bridgehead atoms. The van der Waals surface area contributed by atoms with Crippen molar-refractivity contribution in [2.24, 2.45) is 4.99 Å². The molecule has 1 aromatic heterocycles. The van der Waals surface area contributed by atoms with Crippen LogP contribution in [0.3, 0.4) is 0 Å². The number of nitrogens with zero attached hydrogens (tertiary/aromatic N) is 1. The quantitative estimate of drug-likeness (QED) is 0.524. The van der Waals surface area contributed by atoms with Gasteiger partial charge in [0.15, 0.2) is 0 Å². The van der Waals surface area contributed by atoms with E-state index in [1.807, 2.05) is 30.3 Å². The van der Waals surface area contributed by atoms with E-state index in [2.05, 4.69) is 59.0 Å². The fourth-order valence-electron chi connectivity index (χ4n) is 2.23. The van der Waals surface area contributed by atoms with Crippen LogP contribution in [0.25, 0.3) is 11.3 Å². The number of aryl methyl sites for hydroxylation is 2. The van der Waals surface area contributed by atoms with Crippen LogP contribution < -0.4 is 0 Å². The van der Waals surface area contributed by atoms with E-state index < -0.39 is 0 Å². The molecule has 0 atom stereocenters. The van der Waals surface area contributed by atoms with E-state index >= 15 is 0 Å². The van der Waals surface area contributed by atoms with Gasteiger partial charge in [0.2, 0.25) is 0 Å². The highest BCUT2D eigenvalue weighted by molar-refractivity contribution is 9.10. The molecule has 0 aliphatic rings. The Kier molecular flexibility index (Phi) is 4.25. The molecule has 0 unspecified atom stereocenters. The Labute approximate surface area is 138 Å². The third-order valence-electron chi connectivity index (χ3n) is 3.36. The Morgan fingerprint density at radius 1 is 0.955 bits per heavy atom. The van der Waals surface area contributed by atoms with E-state index in [0.717, 1.165) is 27.2 Å². The number of hydrogen-bond donors (Lipinski definition) is 0. The lowest BCUT2D eigenvalue weighted by atomic mass is 10.1. The topological polar surface area (TPSA) is 25.5 Å². The predicted octanol–water partition coefficient (Wildman–Crippen LogP) is 6.08.